The maximum Gasteiger partial charge on any atom is 0.166 e. The van der Waals surface area contributed by atoms with Crippen molar-refractivity contribution in [2.75, 3.05) is 24.6 Å². The standard InChI is InChI=1S/C35H38N4S7/c1-34(23-9-5-3-6-10-23,38-29(40)21-27-25(31(38)42)13-19-45-27)15-17-36-33(44)37-18-16-35(2,24-11-7-4-8-12-24)39-30(41)22-28-26(32(39)43)14-20-46-28/h3-12,21-22,25-26H,13-20H2,1-2H3,(H2,36,37,44). The molecule has 6 rings (SSSR count). The highest BCUT2D eigenvalue weighted by Crippen LogP contribution is 2.46. The normalized spacial score (nSPS) is 23.6. The van der Waals surface area contributed by atoms with Gasteiger partial charge >= 0.3 is 0 Å². The van der Waals surface area contributed by atoms with Gasteiger partial charge in [0.25, 0.3) is 0 Å². The van der Waals surface area contributed by atoms with Gasteiger partial charge in [-0.05, 0) is 96.3 Å². The molecule has 4 heterocycles. The lowest BCUT2D eigenvalue weighted by atomic mass is 9.84. The predicted octanol–water partition coefficient (Wildman–Crippen LogP) is 8.28. The maximum atomic E-state index is 6.12. The van der Waals surface area contributed by atoms with Crippen LogP contribution in [0.2, 0.25) is 0 Å². The van der Waals surface area contributed by atoms with Gasteiger partial charge in [-0.1, -0.05) is 110 Å². The Labute approximate surface area is 308 Å². The Morgan fingerprint density at radius 2 is 1.09 bits per heavy atom. The summed E-state index contributed by atoms with van der Waals surface area (Å²) < 4.78 is 0. The molecule has 2 aromatic carbocycles. The van der Waals surface area contributed by atoms with Crippen LogP contribution in [-0.2, 0) is 11.1 Å². The SMILES string of the molecule is CC(CCNC(=S)NCCC(C)(c1ccccc1)N1C(=S)C=C2SCCC2C1=S)(c1ccccc1)N1C(=S)C=C2SCCC2C1=S. The summed E-state index contributed by atoms with van der Waals surface area (Å²) in [5, 5.41) is 7.60. The third kappa shape index (κ3) is 6.62. The fraction of sp³-hybridized carbons (Fsp3) is 0.400. The molecule has 4 aliphatic rings. The number of thioether (sulfide) groups is 2. The number of nitrogens with one attached hydrogen (secondary N) is 2. The maximum absolute atomic E-state index is 6.12. The Balaban J connectivity index is 1.13. The van der Waals surface area contributed by atoms with E-state index in [1.165, 1.54) is 20.9 Å². The first-order valence-corrected chi connectivity index (χ1v) is 19.7. The highest BCUT2D eigenvalue weighted by atomic mass is 32.2. The van der Waals surface area contributed by atoms with E-state index in [0.29, 0.717) is 18.2 Å². The minimum atomic E-state index is -0.413. The van der Waals surface area contributed by atoms with Crippen molar-refractivity contribution in [3.63, 3.8) is 0 Å². The van der Waals surface area contributed by atoms with Gasteiger partial charge in [-0.25, -0.2) is 0 Å². The zero-order valence-electron chi connectivity index (χ0n) is 26.0. The summed E-state index contributed by atoms with van der Waals surface area (Å²) in [6.45, 7) is 5.83. The second-order valence-corrected chi connectivity index (χ2v) is 16.9. The average molecular weight is 739 g/mol. The van der Waals surface area contributed by atoms with Crippen LogP contribution in [0.3, 0.4) is 0 Å². The number of thiocarbonyl (C=S) groups is 5. The molecule has 2 N–H and O–H groups in total. The van der Waals surface area contributed by atoms with Crippen molar-refractivity contribution in [2.45, 2.75) is 50.6 Å². The van der Waals surface area contributed by atoms with Gasteiger partial charge in [0, 0.05) is 24.9 Å². The van der Waals surface area contributed by atoms with Crippen LogP contribution in [-0.4, -0.2) is 59.5 Å². The quantitative estimate of drug-likeness (QED) is 0.231. The molecule has 240 valence electrons. The van der Waals surface area contributed by atoms with Gasteiger partial charge in [-0.15, -0.1) is 23.5 Å². The fourth-order valence-electron chi connectivity index (χ4n) is 6.99. The van der Waals surface area contributed by atoms with Gasteiger partial charge in [0.1, 0.15) is 9.98 Å². The van der Waals surface area contributed by atoms with E-state index in [4.69, 9.17) is 61.1 Å². The molecule has 4 nitrogen and oxygen atoms in total. The number of benzene rings is 2. The van der Waals surface area contributed by atoms with E-state index in [0.717, 1.165) is 57.1 Å². The summed E-state index contributed by atoms with van der Waals surface area (Å²) in [5.74, 6) is 2.73. The van der Waals surface area contributed by atoms with Crippen LogP contribution >= 0.6 is 84.6 Å². The summed E-state index contributed by atoms with van der Waals surface area (Å²) >= 11 is 33.8. The average Bonchev–Trinajstić information content (AvgIpc) is 3.72. The fourth-order valence-corrected chi connectivity index (χ4v) is 12.0. The van der Waals surface area contributed by atoms with Gasteiger partial charge in [-0.2, -0.15) is 0 Å². The monoisotopic (exact) mass is 738 g/mol. The lowest BCUT2D eigenvalue weighted by molar-refractivity contribution is 0.262. The van der Waals surface area contributed by atoms with E-state index in [1.807, 2.05) is 35.7 Å². The molecule has 0 radical (unpaired) electrons. The predicted molar refractivity (Wildman–Crippen MR) is 217 cm³/mol. The van der Waals surface area contributed by atoms with Crippen molar-refractivity contribution < 1.29 is 0 Å². The van der Waals surface area contributed by atoms with Crippen molar-refractivity contribution in [3.8, 4) is 0 Å². The summed E-state index contributed by atoms with van der Waals surface area (Å²) in [4.78, 5) is 10.6. The van der Waals surface area contributed by atoms with Crippen molar-refractivity contribution in [3.05, 3.63) is 93.8 Å². The number of nitrogens with zero attached hydrogens (tertiary/aromatic N) is 2. The topological polar surface area (TPSA) is 30.5 Å². The summed E-state index contributed by atoms with van der Waals surface area (Å²) in [6, 6.07) is 21.1. The number of hydrogen-bond acceptors (Lipinski definition) is 7. The first-order chi connectivity index (χ1) is 22.1. The molecule has 0 aromatic heterocycles. The molecule has 4 atom stereocenters. The summed E-state index contributed by atoms with van der Waals surface area (Å²) in [7, 11) is 0. The highest BCUT2D eigenvalue weighted by molar-refractivity contribution is 8.03. The summed E-state index contributed by atoms with van der Waals surface area (Å²) in [6.07, 6.45) is 8.01. The van der Waals surface area contributed by atoms with Crippen LogP contribution in [0.4, 0.5) is 0 Å². The van der Waals surface area contributed by atoms with Crippen LogP contribution in [0.15, 0.2) is 82.6 Å². The lowest BCUT2D eigenvalue weighted by Gasteiger charge is -2.46. The second kappa shape index (κ2) is 14.4. The third-order valence-electron chi connectivity index (χ3n) is 9.62. The summed E-state index contributed by atoms with van der Waals surface area (Å²) in [5.41, 5.74) is 1.55. The Kier molecular flexibility index (Phi) is 10.7. The molecule has 0 bridgehead atoms. The number of fused-ring (bicyclic) bond motifs is 2. The highest BCUT2D eigenvalue weighted by Gasteiger charge is 2.45. The number of hydrogen-bond donors (Lipinski definition) is 2. The smallest absolute Gasteiger partial charge is 0.166 e. The molecule has 4 unspecified atom stereocenters. The molecule has 0 saturated carbocycles. The molecule has 0 spiro atoms. The second-order valence-electron chi connectivity index (χ2n) is 12.5. The van der Waals surface area contributed by atoms with Gasteiger partial charge in [0.15, 0.2) is 5.11 Å². The van der Waals surface area contributed by atoms with Crippen molar-refractivity contribution >= 4 is 110 Å². The van der Waals surface area contributed by atoms with Crippen molar-refractivity contribution in [1.82, 2.24) is 20.4 Å². The van der Waals surface area contributed by atoms with Gasteiger partial charge in [0.2, 0.25) is 0 Å². The van der Waals surface area contributed by atoms with E-state index in [9.17, 15) is 0 Å². The van der Waals surface area contributed by atoms with Crippen molar-refractivity contribution in [1.29, 1.82) is 0 Å². The molecule has 0 aliphatic carbocycles. The van der Waals surface area contributed by atoms with Crippen molar-refractivity contribution in [2.24, 2.45) is 11.8 Å². The van der Waals surface area contributed by atoms with Crippen LogP contribution < -0.4 is 10.6 Å². The zero-order chi connectivity index (χ0) is 32.5. The molecular formula is C35H38N4S7. The lowest BCUT2D eigenvalue weighted by Crippen LogP contribution is -2.55. The van der Waals surface area contributed by atoms with Crippen LogP contribution in [0.5, 0.6) is 0 Å². The van der Waals surface area contributed by atoms with Crippen LogP contribution in [0.1, 0.15) is 50.7 Å². The van der Waals surface area contributed by atoms with Gasteiger partial charge in [0.05, 0.1) is 21.1 Å². The first kappa shape index (κ1) is 34.1. The van der Waals surface area contributed by atoms with Crippen LogP contribution in [0, 0.1) is 11.8 Å². The van der Waals surface area contributed by atoms with Gasteiger partial charge < -0.3 is 20.4 Å². The molecule has 2 saturated heterocycles. The molecule has 2 aromatic rings. The van der Waals surface area contributed by atoms with E-state index >= 15 is 0 Å². The zero-order valence-corrected chi connectivity index (χ0v) is 31.7. The number of rotatable bonds is 10. The Hall–Kier alpha value is -1.73. The van der Waals surface area contributed by atoms with E-state index in [1.54, 1.807) is 0 Å². The van der Waals surface area contributed by atoms with E-state index in [2.05, 4.69) is 95.0 Å². The Morgan fingerprint density at radius 1 is 0.696 bits per heavy atom. The molecular weight excluding hydrogens is 701 g/mol. The first-order valence-electron chi connectivity index (χ1n) is 15.7. The van der Waals surface area contributed by atoms with E-state index in [-0.39, 0.29) is 11.8 Å². The molecule has 2 fully saturated rings. The molecule has 0 amide bonds. The van der Waals surface area contributed by atoms with E-state index < -0.39 is 11.1 Å². The molecule has 11 heteroatoms. The minimum absolute atomic E-state index is 0.277. The third-order valence-corrected chi connectivity index (χ3v) is 13.8. The molecule has 4 aliphatic heterocycles. The minimum Gasteiger partial charge on any atom is -0.363 e. The Morgan fingerprint density at radius 3 is 1.48 bits per heavy atom. The van der Waals surface area contributed by atoms with Gasteiger partial charge in [-0.3, -0.25) is 0 Å². The largest absolute Gasteiger partial charge is 0.363 e. The Bertz CT molecular complexity index is 1490. The molecule has 46 heavy (non-hydrogen) atoms. The van der Waals surface area contributed by atoms with Crippen LogP contribution in [0.25, 0.3) is 0 Å².